The number of benzene rings is 1. The van der Waals surface area contributed by atoms with Crippen molar-refractivity contribution in [2.45, 2.75) is 12.8 Å². The van der Waals surface area contributed by atoms with Crippen molar-refractivity contribution in [3.8, 4) is 0 Å². The van der Waals surface area contributed by atoms with Gasteiger partial charge in [-0.2, -0.15) is 0 Å². The Labute approximate surface area is 104 Å². The molecule has 1 saturated heterocycles. The van der Waals surface area contributed by atoms with Gasteiger partial charge in [0.15, 0.2) is 0 Å². The molecule has 0 spiro atoms. The number of piperidine rings is 1. The van der Waals surface area contributed by atoms with Gasteiger partial charge in [-0.1, -0.05) is 0 Å². The number of rotatable bonds is 3. The summed E-state index contributed by atoms with van der Waals surface area (Å²) in [5.74, 6) is -0.482. The van der Waals surface area contributed by atoms with Crippen LogP contribution in [0.2, 0.25) is 0 Å². The second-order valence-corrected chi connectivity index (χ2v) is 4.53. The third-order valence-corrected chi connectivity index (χ3v) is 3.25. The molecular weight excluding hydrogens is 239 g/mol. The average molecular weight is 254 g/mol. The molecule has 5 nitrogen and oxygen atoms in total. The van der Waals surface area contributed by atoms with Gasteiger partial charge >= 0.3 is 0 Å². The summed E-state index contributed by atoms with van der Waals surface area (Å²) in [6, 6.07) is 3.61. The van der Waals surface area contributed by atoms with E-state index >= 15 is 0 Å². The SMILES string of the molecule is O=[N+]([O-])c1cc(F)ccc1N1CCCC(CO)C1. The van der Waals surface area contributed by atoms with E-state index in [0.717, 1.165) is 18.9 Å². The molecule has 0 aromatic heterocycles. The zero-order chi connectivity index (χ0) is 13.1. The van der Waals surface area contributed by atoms with Gasteiger partial charge < -0.3 is 10.0 Å². The van der Waals surface area contributed by atoms with Gasteiger partial charge in [-0.3, -0.25) is 10.1 Å². The highest BCUT2D eigenvalue weighted by Gasteiger charge is 2.25. The first kappa shape index (κ1) is 12.8. The molecule has 6 heteroatoms. The van der Waals surface area contributed by atoms with E-state index in [0.29, 0.717) is 18.8 Å². The van der Waals surface area contributed by atoms with Gasteiger partial charge in [0, 0.05) is 19.7 Å². The van der Waals surface area contributed by atoms with Gasteiger partial charge in [0.05, 0.1) is 11.0 Å². The summed E-state index contributed by atoms with van der Waals surface area (Å²) in [5, 5.41) is 20.1. The van der Waals surface area contributed by atoms with Crippen molar-refractivity contribution in [1.82, 2.24) is 0 Å². The zero-order valence-electron chi connectivity index (χ0n) is 9.88. The molecule has 1 N–H and O–H groups in total. The van der Waals surface area contributed by atoms with Crippen molar-refractivity contribution < 1.29 is 14.4 Å². The van der Waals surface area contributed by atoms with Crippen molar-refractivity contribution in [1.29, 1.82) is 0 Å². The second-order valence-electron chi connectivity index (χ2n) is 4.53. The number of nitro groups is 1. The Morgan fingerprint density at radius 2 is 2.33 bits per heavy atom. The minimum absolute atomic E-state index is 0.0749. The molecule has 18 heavy (non-hydrogen) atoms. The molecule has 1 heterocycles. The van der Waals surface area contributed by atoms with E-state index in [1.807, 2.05) is 4.90 Å². The molecule has 1 atom stereocenters. The highest BCUT2D eigenvalue weighted by atomic mass is 19.1. The van der Waals surface area contributed by atoms with Gasteiger partial charge in [0.25, 0.3) is 5.69 Å². The van der Waals surface area contributed by atoms with Gasteiger partial charge in [0.2, 0.25) is 0 Å². The van der Waals surface area contributed by atoms with Crippen LogP contribution in [0.15, 0.2) is 18.2 Å². The van der Waals surface area contributed by atoms with Crippen LogP contribution in [0.3, 0.4) is 0 Å². The number of anilines is 1. The largest absolute Gasteiger partial charge is 0.396 e. The van der Waals surface area contributed by atoms with Gasteiger partial charge in [-0.05, 0) is 30.9 Å². The maximum atomic E-state index is 13.1. The highest BCUT2D eigenvalue weighted by Crippen LogP contribution is 2.31. The van der Waals surface area contributed by atoms with Crippen molar-refractivity contribution in [3.63, 3.8) is 0 Å². The molecule has 1 aromatic carbocycles. The van der Waals surface area contributed by atoms with Crippen LogP contribution in [0.25, 0.3) is 0 Å². The first-order valence-corrected chi connectivity index (χ1v) is 5.91. The molecule has 0 aliphatic carbocycles. The molecule has 0 bridgehead atoms. The fraction of sp³-hybridized carbons (Fsp3) is 0.500. The minimum Gasteiger partial charge on any atom is -0.396 e. The number of hydrogen-bond acceptors (Lipinski definition) is 4. The predicted molar refractivity (Wildman–Crippen MR) is 65.1 cm³/mol. The number of aliphatic hydroxyl groups is 1. The number of aliphatic hydroxyl groups excluding tert-OH is 1. The minimum atomic E-state index is -0.610. The Morgan fingerprint density at radius 1 is 1.56 bits per heavy atom. The fourth-order valence-electron chi connectivity index (χ4n) is 2.34. The van der Waals surface area contributed by atoms with Crippen LogP contribution < -0.4 is 4.90 Å². The number of hydrogen-bond donors (Lipinski definition) is 1. The zero-order valence-corrected chi connectivity index (χ0v) is 9.88. The Bertz CT molecular complexity index is 453. The number of nitro benzene ring substituents is 1. The van der Waals surface area contributed by atoms with Crippen LogP contribution in [0, 0.1) is 21.8 Å². The molecule has 0 radical (unpaired) electrons. The lowest BCUT2D eigenvalue weighted by Gasteiger charge is -2.33. The standard InChI is InChI=1S/C12H15FN2O3/c13-10-3-4-11(12(6-10)15(17)18)14-5-1-2-9(7-14)8-16/h3-4,6,9,16H,1-2,5,7-8H2. The van der Waals surface area contributed by atoms with Crippen LogP contribution in [0.1, 0.15) is 12.8 Å². The van der Waals surface area contributed by atoms with E-state index in [-0.39, 0.29) is 18.2 Å². The predicted octanol–water partition coefficient (Wildman–Crippen LogP) is 1.94. The molecule has 1 unspecified atom stereocenters. The smallest absolute Gasteiger partial charge is 0.295 e. The van der Waals surface area contributed by atoms with Gasteiger partial charge in [-0.25, -0.2) is 4.39 Å². The Hall–Kier alpha value is -1.69. The summed E-state index contributed by atoms with van der Waals surface area (Å²) in [6.45, 7) is 1.34. The van der Waals surface area contributed by atoms with Crippen molar-refractivity contribution in [3.05, 3.63) is 34.1 Å². The monoisotopic (exact) mass is 254 g/mol. The maximum Gasteiger partial charge on any atom is 0.295 e. The Balaban J connectivity index is 2.29. The van der Waals surface area contributed by atoms with Crippen LogP contribution >= 0.6 is 0 Å². The summed E-state index contributed by atoms with van der Waals surface area (Å²) in [7, 11) is 0. The van der Waals surface area contributed by atoms with Crippen LogP contribution in [0.4, 0.5) is 15.8 Å². The van der Waals surface area contributed by atoms with Crippen LogP contribution in [0.5, 0.6) is 0 Å². The quantitative estimate of drug-likeness (QED) is 0.661. The lowest BCUT2D eigenvalue weighted by atomic mass is 9.98. The highest BCUT2D eigenvalue weighted by molar-refractivity contribution is 5.63. The van der Waals surface area contributed by atoms with E-state index in [1.165, 1.54) is 12.1 Å². The molecule has 1 aliphatic heterocycles. The average Bonchev–Trinajstić information content (AvgIpc) is 2.38. The summed E-state index contributed by atoms with van der Waals surface area (Å²) in [5.41, 5.74) is 0.216. The lowest BCUT2D eigenvalue weighted by molar-refractivity contribution is -0.384. The van der Waals surface area contributed by atoms with Crippen molar-refractivity contribution in [2.75, 3.05) is 24.6 Å². The van der Waals surface area contributed by atoms with Gasteiger partial charge in [-0.15, -0.1) is 0 Å². The van der Waals surface area contributed by atoms with E-state index in [2.05, 4.69) is 0 Å². The molecule has 1 fully saturated rings. The first-order valence-electron chi connectivity index (χ1n) is 5.91. The summed E-state index contributed by atoms with van der Waals surface area (Å²) in [6.07, 6.45) is 1.79. The summed E-state index contributed by atoms with van der Waals surface area (Å²) >= 11 is 0. The topological polar surface area (TPSA) is 66.6 Å². The normalized spacial score (nSPS) is 19.9. The molecule has 1 aromatic rings. The number of nitrogens with zero attached hydrogens (tertiary/aromatic N) is 2. The summed E-state index contributed by atoms with van der Waals surface area (Å²) in [4.78, 5) is 12.2. The summed E-state index contributed by atoms with van der Waals surface area (Å²) < 4.78 is 13.1. The van der Waals surface area contributed by atoms with E-state index in [4.69, 9.17) is 5.11 Å². The molecule has 2 rings (SSSR count). The van der Waals surface area contributed by atoms with Crippen LogP contribution in [-0.2, 0) is 0 Å². The number of halogens is 1. The molecule has 0 amide bonds. The molecule has 98 valence electrons. The molecule has 1 aliphatic rings. The first-order chi connectivity index (χ1) is 8.61. The van der Waals surface area contributed by atoms with E-state index < -0.39 is 10.7 Å². The van der Waals surface area contributed by atoms with E-state index in [9.17, 15) is 14.5 Å². The lowest BCUT2D eigenvalue weighted by Crippen LogP contribution is -2.37. The van der Waals surface area contributed by atoms with Crippen molar-refractivity contribution >= 4 is 11.4 Å². The third-order valence-electron chi connectivity index (χ3n) is 3.25. The fourth-order valence-corrected chi connectivity index (χ4v) is 2.34. The Kier molecular flexibility index (Phi) is 3.76. The van der Waals surface area contributed by atoms with Gasteiger partial charge in [0.1, 0.15) is 11.5 Å². The van der Waals surface area contributed by atoms with Crippen LogP contribution in [-0.4, -0.2) is 29.7 Å². The third kappa shape index (κ3) is 2.59. The maximum absolute atomic E-state index is 13.1. The second kappa shape index (κ2) is 5.30. The molecule has 0 saturated carbocycles. The Morgan fingerprint density at radius 3 is 3.00 bits per heavy atom. The van der Waals surface area contributed by atoms with Crippen molar-refractivity contribution in [2.24, 2.45) is 5.92 Å². The van der Waals surface area contributed by atoms with E-state index in [1.54, 1.807) is 0 Å². The molecular formula is C12H15FN2O3.